The van der Waals surface area contributed by atoms with Crippen LogP contribution in [0.15, 0.2) is 34.5 Å². The zero-order valence-electron chi connectivity index (χ0n) is 12.5. The van der Waals surface area contributed by atoms with Crippen LogP contribution in [-0.4, -0.2) is 5.51 Å². The number of benzene rings is 1. The van der Waals surface area contributed by atoms with Crippen LogP contribution in [0.5, 0.6) is 0 Å². The van der Waals surface area contributed by atoms with Crippen LogP contribution >= 0.6 is 23.1 Å². The van der Waals surface area contributed by atoms with E-state index in [4.69, 9.17) is 0 Å². The van der Waals surface area contributed by atoms with E-state index in [1.54, 1.807) is 6.07 Å². The SMILES string of the molecule is CC12NC(Cc3sc(SC(F)(F)F)cc31)c1ccccc12.[Cl-].[H+]. The molecule has 22 heavy (non-hydrogen) atoms. The summed E-state index contributed by atoms with van der Waals surface area (Å²) in [6.45, 7) is 2.07. The summed E-state index contributed by atoms with van der Waals surface area (Å²) in [4.78, 5) is 1.07. The van der Waals surface area contributed by atoms with Gasteiger partial charge >= 0.3 is 6.93 Å². The highest BCUT2D eigenvalue weighted by molar-refractivity contribution is 8.02. The Hall–Kier alpha value is -0.690. The molecule has 2 bridgehead atoms. The van der Waals surface area contributed by atoms with Crippen LogP contribution in [0.4, 0.5) is 13.2 Å². The van der Waals surface area contributed by atoms with Gasteiger partial charge < -0.3 is 12.4 Å². The summed E-state index contributed by atoms with van der Waals surface area (Å²) in [5.41, 5.74) is -1.13. The smallest absolute Gasteiger partial charge is 1.00 e. The molecule has 2 unspecified atom stereocenters. The van der Waals surface area contributed by atoms with Gasteiger partial charge in [-0.1, -0.05) is 24.3 Å². The summed E-state index contributed by atoms with van der Waals surface area (Å²) < 4.78 is 38.1. The lowest BCUT2D eigenvalue weighted by Crippen LogP contribution is -3.00. The molecule has 2 aliphatic heterocycles. The molecule has 1 nitrogen and oxygen atoms in total. The third-order valence-electron chi connectivity index (χ3n) is 4.27. The molecule has 0 aliphatic carbocycles. The summed E-state index contributed by atoms with van der Waals surface area (Å²) in [6, 6.07) is 10.1. The second-order valence-corrected chi connectivity index (χ2v) is 8.07. The largest absolute Gasteiger partial charge is 1.00 e. The maximum atomic E-state index is 12.6. The van der Waals surface area contributed by atoms with Crippen LogP contribution in [0.2, 0.25) is 0 Å². The first-order valence-electron chi connectivity index (χ1n) is 6.63. The van der Waals surface area contributed by atoms with E-state index >= 15 is 0 Å². The van der Waals surface area contributed by atoms with Crippen molar-refractivity contribution in [2.45, 2.75) is 34.6 Å². The van der Waals surface area contributed by atoms with Gasteiger partial charge in [-0.15, -0.1) is 11.3 Å². The Bertz CT molecular complexity index is 734. The zero-order valence-corrected chi connectivity index (χ0v) is 13.9. The molecule has 0 fully saturated rings. The number of hydrogen-bond acceptors (Lipinski definition) is 3. The summed E-state index contributed by atoms with van der Waals surface area (Å²) in [7, 11) is 0. The molecule has 7 heteroatoms. The lowest BCUT2D eigenvalue weighted by molar-refractivity contribution is -0.0327. The van der Waals surface area contributed by atoms with Crippen LogP contribution in [0.25, 0.3) is 0 Å². The number of fused-ring (bicyclic) bond motifs is 7. The molecule has 4 rings (SSSR count). The second kappa shape index (κ2) is 5.16. The van der Waals surface area contributed by atoms with Crippen LogP contribution in [0.1, 0.15) is 36.0 Å². The number of hydrogen-bond donors (Lipinski definition) is 1. The minimum atomic E-state index is -4.22. The van der Waals surface area contributed by atoms with Crippen molar-refractivity contribution in [3.8, 4) is 0 Å². The normalized spacial score (nSPS) is 25.4. The zero-order chi connectivity index (χ0) is 14.8. The van der Waals surface area contributed by atoms with Crippen molar-refractivity contribution >= 4 is 23.1 Å². The number of rotatable bonds is 1. The molecule has 0 spiro atoms. The average molecular weight is 364 g/mol. The van der Waals surface area contributed by atoms with Gasteiger partial charge in [-0.3, -0.25) is 5.32 Å². The molecule has 0 saturated carbocycles. The Morgan fingerprint density at radius 3 is 2.77 bits per heavy atom. The summed E-state index contributed by atoms with van der Waals surface area (Å²) >= 11 is 1.27. The molecule has 1 N–H and O–H groups in total. The highest BCUT2D eigenvalue weighted by atomic mass is 35.5. The second-order valence-electron chi connectivity index (χ2n) is 5.56. The number of halogens is 4. The minimum Gasteiger partial charge on any atom is -1.00 e. The van der Waals surface area contributed by atoms with Crippen molar-refractivity contribution in [3.05, 3.63) is 51.9 Å². The van der Waals surface area contributed by atoms with E-state index in [0.29, 0.717) is 4.21 Å². The van der Waals surface area contributed by atoms with Crippen LogP contribution < -0.4 is 17.7 Å². The van der Waals surface area contributed by atoms with E-state index in [1.165, 1.54) is 22.5 Å². The standard InChI is InChI=1S/C15H12F3NS2.ClH/c1-14-9-5-3-2-4-8(9)11(19-14)7-12-10(14)6-13(20-12)21-15(16,17)18;/h2-6,11,19H,7H2,1H3;1H. The van der Waals surface area contributed by atoms with Gasteiger partial charge in [0.25, 0.3) is 0 Å². The molecule has 0 amide bonds. The molecule has 1 aromatic carbocycles. The summed E-state index contributed by atoms with van der Waals surface area (Å²) in [6.07, 6.45) is 0.769. The van der Waals surface area contributed by atoms with Crippen molar-refractivity contribution in [1.82, 2.24) is 5.32 Å². The quantitative estimate of drug-likeness (QED) is 0.777. The topological polar surface area (TPSA) is 12.0 Å². The van der Waals surface area contributed by atoms with Gasteiger partial charge in [-0.05, 0) is 41.4 Å². The first-order valence-corrected chi connectivity index (χ1v) is 8.26. The Balaban J connectivity index is 0.000000960. The average Bonchev–Trinajstić information content (AvgIpc) is 2.89. The van der Waals surface area contributed by atoms with Gasteiger partial charge in [0.1, 0.15) is 0 Å². The Morgan fingerprint density at radius 2 is 2.05 bits per heavy atom. The lowest BCUT2D eigenvalue weighted by atomic mass is 9.86. The van der Waals surface area contributed by atoms with Crippen molar-refractivity contribution in [2.75, 3.05) is 0 Å². The fraction of sp³-hybridized carbons (Fsp3) is 0.333. The van der Waals surface area contributed by atoms with Crippen LogP contribution in [0, 0.1) is 0 Å². The van der Waals surface area contributed by atoms with Crippen molar-refractivity contribution in [3.63, 3.8) is 0 Å². The van der Waals surface area contributed by atoms with Gasteiger partial charge in [0, 0.05) is 17.3 Å². The molecule has 118 valence electrons. The number of thioether (sulfide) groups is 1. The number of alkyl halides is 3. The highest BCUT2D eigenvalue weighted by Crippen LogP contribution is 2.53. The summed E-state index contributed by atoms with van der Waals surface area (Å²) in [5.74, 6) is 0. The van der Waals surface area contributed by atoms with E-state index in [2.05, 4.69) is 24.4 Å². The van der Waals surface area contributed by atoms with Crippen molar-refractivity contribution in [2.24, 2.45) is 0 Å². The van der Waals surface area contributed by atoms with Gasteiger partial charge in [0.05, 0.1) is 9.75 Å². The predicted molar refractivity (Wildman–Crippen MR) is 79.8 cm³/mol. The van der Waals surface area contributed by atoms with E-state index in [9.17, 15) is 13.2 Å². The molecule has 2 aromatic rings. The third kappa shape index (κ3) is 2.37. The molecular weight excluding hydrogens is 351 g/mol. The van der Waals surface area contributed by atoms with Crippen molar-refractivity contribution < 1.29 is 27.0 Å². The first-order chi connectivity index (χ1) is 9.87. The van der Waals surface area contributed by atoms with Gasteiger partial charge in [0.15, 0.2) is 0 Å². The van der Waals surface area contributed by atoms with E-state index in [0.717, 1.165) is 16.9 Å². The minimum absolute atomic E-state index is 0. The van der Waals surface area contributed by atoms with E-state index in [1.807, 2.05) is 12.1 Å². The Labute approximate surface area is 142 Å². The predicted octanol–water partition coefficient (Wildman–Crippen LogP) is 1.94. The first kappa shape index (κ1) is 16.2. The lowest BCUT2D eigenvalue weighted by Gasteiger charge is -2.32. The van der Waals surface area contributed by atoms with E-state index < -0.39 is 5.51 Å². The number of nitrogens with one attached hydrogen (secondary N) is 1. The number of thiophene rings is 1. The summed E-state index contributed by atoms with van der Waals surface area (Å²) in [5, 5.41) is 3.58. The maximum absolute atomic E-state index is 12.6. The van der Waals surface area contributed by atoms with E-state index in [-0.39, 0.29) is 37.2 Å². The van der Waals surface area contributed by atoms with Gasteiger partial charge in [-0.2, -0.15) is 13.2 Å². The fourth-order valence-corrected chi connectivity index (χ4v) is 5.67. The Morgan fingerprint density at radius 1 is 1.32 bits per heavy atom. The van der Waals surface area contributed by atoms with Gasteiger partial charge in [0.2, 0.25) is 0 Å². The highest BCUT2D eigenvalue weighted by Gasteiger charge is 2.47. The molecule has 0 saturated heterocycles. The molecule has 2 atom stereocenters. The molecule has 3 heterocycles. The van der Waals surface area contributed by atoms with Gasteiger partial charge in [-0.25, -0.2) is 0 Å². The third-order valence-corrected chi connectivity index (χ3v) is 6.27. The van der Waals surface area contributed by atoms with Crippen molar-refractivity contribution in [1.29, 1.82) is 0 Å². The fourth-order valence-electron chi connectivity index (χ4n) is 3.47. The maximum Gasteiger partial charge on any atom is 1.00 e. The monoisotopic (exact) mass is 363 g/mol. The molecule has 0 radical (unpaired) electrons. The molecule has 2 aliphatic rings. The Kier molecular flexibility index (Phi) is 3.79. The van der Waals surface area contributed by atoms with Crippen LogP contribution in [-0.2, 0) is 12.0 Å². The molecule has 1 aromatic heterocycles. The van der Waals surface area contributed by atoms with Crippen LogP contribution in [0.3, 0.4) is 0 Å². The molecular formula is C15H13ClF3NS2.